The molecule has 3 aromatic heterocycles. The summed E-state index contributed by atoms with van der Waals surface area (Å²) in [5.41, 5.74) is -0.209. The number of rotatable bonds is 7. The minimum Gasteiger partial charge on any atom is -0.364 e. The molecule has 0 aliphatic rings. The number of benzene rings is 1. The van der Waals surface area contributed by atoms with Crippen molar-refractivity contribution >= 4 is 17.4 Å². The second kappa shape index (κ2) is 8.97. The molecular formula is C24H21F2N5O3. The van der Waals surface area contributed by atoms with Gasteiger partial charge in [-0.1, -0.05) is 11.2 Å². The first kappa shape index (κ1) is 23.0. The van der Waals surface area contributed by atoms with E-state index in [9.17, 15) is 14.0 Å². The van der Waals surface area contributed by atoms with Gasteiger partial charge in [0.05, 0.1) is 17.6 Å². The summed E-state index contributed by atoms with van der Waals surface area (Å²) in [4.78, 5) is 28.7. The minimum atomic E-state index is -1.05. The Morgan fingerprint density at radius 3 is 2.59 bits per heavy atom. The standard InChI is InChI=1S/C24H21F2N5O3/c1-14(32)18-5-4-6-21(28-18)24(2,15-12-27-31(3)13-15)11-16-17(25)7-8-19(22(16)26)29-23(33)20-9-10-34-30-20/h4-10,12-13H,11H2,1-3H3,(H,29,33). The molecule has 4 aromatic rings. The van der Waals surface area contributed by atoms with Crippen molar-refractivity contribution in [3.8, 4) is 0 Å². The van der Waals surface area contributed by atoms with Crippen LogP contribution in [0.4, 0.5) is 14.5 Å². The van der Waals surface area contributed by atoms with Crippen molar-refractivity contribution < 1.29 is 22.9 Å². The highest BCUT2D eigenvalue weighted by molar-refractivity contribution is 6.02. The smallest absolute Gasteiger partial charge is 0.277 e. The van der Waals surface area contributed by atoms with Crippen molar-refractivity contribution in [1.29, 1.82) is 0 Å². The molecule has 0 spiro atoms. The Morgan fingerprint density at radius 1 is 1.15 bits per heavy atom. The molecule has 0 aliphatic heterocycles. The lowest BCUT2D eigenvalue weighted by atomic mass is 9.75. The number of nitrogens with zero attached hydrogens (tertiary/aromatic N) is 4. The maximum atomic E-state index is 15.5. The molecule has 174 valence electrons. The highest BCUT2D eigenvalue weighted by Crippen LogP contribution is 2.37. The molecule has 8 nitrogen and oxygen atoms in total. The number of hydrogen-bond acceptors (Lipinski definition) is 6. The topological polar surface area (TPSA) is 103 Å². The largest absolute Gasteiger partial charge is 0.364 e. The van der Waals surface area contributed by atoms with Gasteiger partial charge in [0.25, 0.3) is 5.91 Å². The van der Waals surface area contributed by atoms with Crippen LogP contribution in [0.25, 0.3) is 0 Å². The molecule has 0 saturated carbocycles. The molecule has 1 atom stereocenters. The number of pyridine rings is 1. The normalized spacial score (nSPS) is 12.9. The third-order valence-corrected chi connectivity index (χ3v) is 5.65. The van der Waals surface area contributed by atoms with Crippen LogP contribution in [0.15, 0.2) is 59.6 Å². The van der Waals surface area contributed by atoms with Gasteiger partial charge >= 0.3 is 0 Å². The van der Waals surface area contributed by atoms with Crippen LogP contribution in [-0.2, 0) is 18.9 Å². The zero-order chi connectivity index (χ0) is 24.5. The summed E-state index contributed by atoms with van der Waals surface area (Å²) < 4.78 is 36.7. The average molecular weight is 465 g/mol. The lowest BCUT2D eigenvalue weighted by molar-refractivity contribution is 0.100. The van der Waals surface area contributed by atoms with Crippen molar-refractivity contribution in [3.05, 3.63) is 94.9 Å². The molecule has 3 heterocycles. The number of amides is 1. The van der Waals surface area contributed by atoms with Gasteiger partial charge in [0.2, 0.25) is 0 Å². The first-order valence-electron chi connectivity index (χ1n) is 10.4. The first-order chi connectivity index (χ1) is 16.2. The van der Waals surface area contributed by atoms with Crippen molar-refractivity contribution in [2.24, 2.45) is 7.05 Å². The zero-order valence-corrected chi connectivity index (χ0v) is 18.7. The number of Topliss-reactive ketones (excluding diaryl/α,β-unsaturated/α-hetero) is 1. The number of anilines is 1. The van der Waals surface area contributed by atoms with Crippen LogP contribution in [0, 0.1) is 11.6 Å². The fourth-order valence-corrected chi connectivity index (χ4v) is 3.71. The lowest BCUT2D eigenvalue weighted by Crippen LogP contribution is -2.29. The molecule has 0 fully saturated rings. The van der Waals surface area contributed by atoms with Crippen LogP contribution < -0.4 is 5.32 Å². The molecule has 0 bridgehead atoms. The van der Waals surface area contributed by atoms with Gasteiger partial charge in [-0.05, 0) is 37.6 Å². The molecule has 0 radical (unpaired) electrons. The second-order valence-electron chi connectivity index (χ2n) is 8.10. The van der Waals surface area contributed by atoms with Crippen molar-refractivity contribution in [1.82, 2.24) is 19.9 Å². The maximum Gasteiger partial charge on any atom is 0.277 e. The van der Waals surface area contributed by atoms with Crippen LogP contribution in [0.1, 0.15) is 51.6 Å². The van der Waals surface area contributed by atoms with Gasteiger partial charge in [-0.25, -0.2) is 13.8 Å². The van der Waals surface area contributed by atoms with E-state index in [-0.39, 0.29) is 34.8 Å². The van der Waals surface area contributed by atoms with Gasteiger partial charge in [0.15, 0.2) is 17.3 Å². The molecule has 1 N–H and O–H groups in total. The maximum absolute atomic E-state index is 15.5. The number of carbonyl (C=O) groups excluding carboxylic acids is 2. The summed E-state index contributed by atoms with van der Waals surface area (Å²) in [5.74, 6) is -2.63. The molecule has 1 aromatic carbocycles. The summed E-state index contributed by atoms with van der Waals surface area (Å²) in [5, 5.41) is 10.1. The quantitative estimate of drug-likeness (QED) is 0.413. The summed E-state index contributed by atoms with van der Waals surface area (Å²) in [7, 11) is 1.73. The minimum absolute atomic E-state index is 0.0456. The van der Waals surface area contributed by atoms with E-state index >= 15 is 4.39 Å². The van der Waals surface area contributed by atoms with Crippen LogP contribution in [0.3, 0.4) is 0 Å². The van der Waals surface area contributed by atoms with Crippen LogP contribution in [0.2, 0.25) is 0 Å². The molecule has 4 rings (SSSR count). The summed E-state index contributed by atoms with van der Waals surface area (Å²) in [6.45, 7) is 3.17. The highest BCUT2D eigenvalue weighted by Gasteiger charge is 2.35. The van der Waals surface area contributed by atoms with E-state index in [1.54, 1.807) is 49.2 Å². The molecule has 1 unspecified atom stereocenters. The highest BCUT2D eigenvalue weighted by atomic mass is 19.1. The molecule has 0 aliphatic carbocycles. The Bertz CT molecular complexity index is 1370. The van der Waals surface area contributed by atoms with Crippen molar-refractivity contribution in [2.75, 3.05) is 5.32 Å². The van der Waals surface area contributed by atoms with E-state index in [0.29, 0.717) is 11.3 Å². The van der Waals surface area contributed by atoms with E-state index in [0.717, 1.165) is 12.1 Å². The van der Waals surface area contributed by atoms with E-state index in [2.05, 4.69) is 25.1 Å². The fourth-order valence-electron chi connectivity index (χ4n) is 3.71. The summed E-state index contributed by atoms with van der Waals surface area (Å²) in [6, 6.07) is 8.50. The number of aromatic nitrogens is 4. The first-order valence-corrected chi connectivity index (χ1v) is 10.4. The SMILES string of the molecule is CC(=O)c1cccc(C(C)(Cc2c(F)ccc(NC(=O)c3ccon3)c2F)c2cnn(C)c2)n1. The predicted octanol–water partition coefficient (Wildman–Crippen LogP) is 4.08. The number of ketones is 1. The third-order valence-electron chi connectivity index (χ3n) is 5.65. The van der Waals surface area contributed by atoms with Crippen LogP contribution >= 0.6 is 0 Å². The second-order valence-corrected chi connectivity index (χ2v) is 8.10. The molecule has 10 heteroatoms. The van der Waals surface area contributed by atoms with Gasteiger partial charge < -0.3 is 9.84 Å². The number of carbonyl (C=O) groups is 2. The van der Waals surface area contributed by atoms with Gasteiger partial charge in [-0.2, -0.15) is 5.10 Å². The Kier molecular flexibility index (Phi) is 6.06. The number of hydrogen-bond donors (Lipinski definition) is 1. The van der Waals surface area contributed by atoms with Gasteiger partial charge in [-0.15, -0.1) is 0 Å². The lowest BCUT2D eigenvalue weighted by Gasteiger charge is -2.29. The Labute approximate surface area is 193 Å². The van der Waals surface area contributed by atoms with Gasteiger partial charge in [0.1, 0.15) is 17.8 Å². The fraction of sp³-hybridized carbons (Fsp3) is 0.208. The number of halogens is 2. The average Bonchev–Trinajstić information content (AvgIpc) is 3.51. The summed E-state index contributed by atoms with van der Waals surface area (Å²) >= 11 is 0. The van der Waals surface area contributed by atoms with E-state index < -0.39 is 23.0 Å². The van der Waals surface area contributed by atoms with E-state index in [1.807, 2.05) is 0 Å². The Morgan fingerprint density at radius 2 is 1.94 bits per heavy atom. The Balaban J connectivity index is 1.78. The molecule has 1 amide bonds. The van der Waals surface area contributed by atoms with Gasteiger partial charge in [0, 0.05) is 42.8 Å². The van der Waals surface area contributed by atoms with Crippen molar-refractivity contribution in [2.45, 2.75) is 25.7 Å². The monoisotopic (exact) mass is 465 g/mol. The van der Waals surface area contributed by atoms with E-state index in [1.165, 1.54) is 19.3 Å². The van der Waals surface area contributed by atoms with Crippen LogP contribution in [0.5, 0.6) is 0 Å². The summed E-state index contributed by atoms with van der Waals surface area (Å²) in [6.07, 6.45) is 4.38. The van der Waals surface area contributed by atoms with Crippen LogP contribution in [-0.4, -0.2) is 31.6 Å². The van der Waals surface area contributed by atoms with Crippen molar-refractivity contribution in [3.63, 3.8) is 0 Å². The third kappa shape index (κ3) is 4.34. The predicted molar refractivity (Wildman–Crippen MR) is 118 cm³/mol. The Hall–Kier alpha value is -4.21. The zero-order valence-electron chi connectivity index (χ0n) is 18.7. The molecule has 0 saturated heterocycles. The number of aryl methyl sites for hydroxylation is 1. The number of nitrogens with one attached hydrogen (secondary N) is 1. The van der Waals surface area contributed by atoms with E-state index in [4.69, 9.17) is 0 Å². The van der Waals surface area contributed by atoms with Gasteiger partial charge in [-0.3, -0.25) is 14.3 Å². The molecular weight excluding hydrogens is 444 g/mol. The molecule has 34 heavy (non-hydrogen) atoms.